The summed E-state index contributed by atoms with van der Waals surface area (Å²) < 4.78 is 2.02. The molecule has 13 heavy (non-hydrogen) atoms. The van der Waals surface area contributed by atoms with E-state index in [0.717, 1.165) is 18.7 Å². The molecule has 0 aliphatic rings. The Hall–Kier alpha value is -0.830. The number of hydrogen-bond donors (Lipinski definition) is 1. The lowest BCUT2D eigenvalue weighted by molar-refractivity contribution is 0.279. The third-order valence-corrected chi connectivity index (χ3v) is 1.98. The molecule has 3 heteroatoms. The summed E-state index contributed by atoms with van der Waals surface area (Å²) in [6.45, 7) is 7.52. The van der Waals surface area contributed by atoms with Crippen molar-refractivity contribution in [2.24, 2.45) is 0 Å². The lowest BCUT2D eigenvalue weighted by Crippen LogP contribution is -2.11. The number of aliphatic hydroxyl groups is 1. The first-order chi connectivity index (χ1) is 6.04. The molecule has 0 amide bonds. The van der Waals surface area contributed by atoms with Gasteiger partial charge in [0.15, 0.2) is 0 Å². The molecule has 0 aliphatic carbocycles. The fraction of sp³-hybridized carbons (Fsp3) is 0.700. The number of aliphatic hydroxyl groups excluding tert-OH is 1. The van der Waals surface area contributed by atoms with Crippen LogP contribution in [-0.2, 0) is 12.0 Å². The Bertz CT molecular complexity index is 260. The van der Waals surface area contributed by atoms with Gasteiger partial charge in [-0.15, -0.1) is 0 Å². The van der Waals surface area contributed by atoms with Crippen molar-refractivity contribution in [3.63, 3.8) is 0 Å². The zero-order valence-corrected chi connectivity index (χ0v) is 8.62. The quantitative estimate of drug-likeness (QED) is 0.770. The van der Waals surface area contributed by atoms with Gasteiger partial charge in [0.05, 0.1) is 12.0 Å². The second kappa shape index (κ2) is 3.92. The number of rotatable bonds is 3. The number of nitrogens with zero attached hydrogens (tertiary/aromatic N) is 2. The van der Waals surface area contributed by atoms with Gasteiger partial charge in [-0.3, -0.25) is 0 Å². The van der Waals surface area contributed by atoms with Gasteiger partial charge in [0, 0.05) is 24.8 Å². The summed E-state index contributed by atoms with van der Waals surface area (Å²) in [7, 11) is 0. The number of imidazole rings is 1. The van der Waals surface area contributed by atoms with E-state index in [1.807, 2.05) is 10.9 Å². The molecule has 0 spiro atoms. The molecule has 3 nitrogen and oxygen atoms in total. The molecule has 74 valence electrons. The predicted octanol–water partition coefficient (Wildman–Crippen LogP) is 1.56. The average molecular weight is 182 g/mol. The minimum atomic E-state index is 0.116. The second-order valence-corrected chi connectivity index (χ2v) is 4.32. The molecule has 0 aromatic carbocycles. The summed E-state index contributed by atoms with van der Waals surface area (Å²) in [6.07, 6.45) is 4.67. The summed E-state index contributed by atoms with van der Waals surface area (Å²) in [6, 6.07) is 0. The van der Waals surface area contributed by atoms with E-state index < -0.39 is 0 Å². The first kappa shape index (κ1) is 10.3. The fourth-order valence-electron chi connectivity index (χ4n) is 1.12. The van der Waals surface area contributed by atoms with Gasteiger partial charge in [0.2, 0.25) is 0 Å². The van der Waals surface area contributed by atoms with Crippen LogP contribution in [0.25, 0.3) is 0 Å². The van der Waals surface area contributed by atoms with Crippen LogP contribution >= 0.6 is 0 Å². The minimum absolute atomic E-state index is 0.116. The van der Waals surface area contributed by atoms with Crippen molar-refractivity contribution in [1.29, 1.82) is 0 Å². The molecule has 1 aromatic rings. The van der Waals surface area contributed by atoms with Crippen LogP contribution in [0.2, 0.25) is 0 Å². The van der Waals surface area contributed by atoms with E-state index in [9.17, 15) is 0 Å². The Morgan fingerprint density at radius 3 is 2.62 bits per heavy atom. The maximum atomic E-state index is 8.66. The standard InChI is InChI=1S/C10H18N2O/c1-10(2,3)9-7-12(8-11-9)5-4-6-13/h7-8,13H,4-6H2,1-3H3. The molecule has 1 N–H and O–H groups in total. The molecule has 1 aromatic heterocycles. The Kier molecular flexibility index (Phi) is 3.09. The Morgan fingerprint density at radius 2 is 2.15 bits per heavy atom. The molecule has 0 aliphatic heterocycles. The van der Waals surface area contributed by atoms with E-state index in [-0.39, 0.29) is 12.0 Å². The van der Waals surface area contributed by atoms with Gasteiger partial charge in [0.1, 0.15) is 0 Å². The molecule has 0 unspecified atom stereocenters. The van der Waals surface area contributed by atoms with Crippen LogP contribution in [0.5, 0.6) is 0 Å². The second-order valence-electron chi connectivity index (χ2n) is 4.32. The average Bonchev–Trinajstić information content (AvgIpc) is 2.47. The van der Waals surface area contributed by atoms with Crippen molar-refractivity contribution in [1.82, 2.24) is 9.55 Å². The highest BCUT2D eigenvalue weighted by molar-refractivity contribution is 5.08. The third-order valence-electron chi connectivity index (χ3n) is 1.98. The topological polar surface area (TPSA) is 38.0 Å². The van der Waals surface area contributed by atoms with E-state index in [0.29, 0.717) is 0 Å². The molecule has 0 radical (unpaired) electrons. The molecule has 0 fully saturated rings. The Morgan fingerprint density at radius 1 is 1.46 bits per heavy atom. The lowest BCUT2D eigenvalue weighted by Gasteiger charge is -2.14. The molecule has 0 bridgehead atoms. The van der Waals surface area contributed by atoms with Gasteiger partial charge in [-0.2, -0.15) is 0 Å². The Labute approximate surface area is 79.4 Å². The van der Waals surface area contributed by atoms with Gasteiger partial charge < -0.3 is 9.67 Å². The highest BCUT2D eigenvalue weighted by Crippen LogP contribution is 2.19. The van der Waals surface area contributed by atoms with Crippen LogP contribution in [0.3, 0.4) is 0 Å². The zero-order chi connectivity index (χ0) is 9.90. The normalized spacial score (nSPS) is 12.0. The van der Waals surface area contributed by atoms with E-state index in [1.54, 1.807) is 0 Å². The van der Waals surface area contributed by atoms with Gasteiger partial charge in [-0.25, -0.2) is 4.98 Å². The van der Waals surface area contributed by atoms with Crippen LogP contribution in [-0.4, -0.2) is 21.3 Å². The minimum Gasteiger partial charge on any atom is -0.396 e. The highest BCUT2D eigenvalue weighted by atomic mass is 16.3. The van der Waals surface area contributed by atoms with Crippen molar-refractivity contribution in [3.05, 3.63) is 18.2 Å². The molecule has 0 saturated carbocycles. The van der Waals surface area contributed by atoms with E-state index in [1.165, 1.54) is 0 Å². The van der Waals surface area contributed by atoms with Crippen LogP contribution in [0.4, 0.5) is 0 Å². The summed E-state index contributed by atoms with van der Waals surface area (Å²) in [5.74, 6) is 0. The molecule has 1 rings (SSSR count). The molecular weight excluding hydrogens is 164 g/mol. The van der Waals surface area contributed by atoms with E-state index in [4.69, 9.17) is 5.11 Å². The van der Waals surface area contributed by atoms with Crippen LogP contribution < -0.4 is 0 Å². The van der Waals surface area contributed by atoms with Gasteiger partial charge >= 0.3 is 0 Å². The maximum absolute atomic E-state index is 8.66. The number of aromatic nitrogens is 2. The van der Waals surface area contributed by atoms with Gasteiger partial charge in [0.25, 0.3) is 0 Å². The van der Waals surface area contributed by atoms with E-state index >= 15 is 0 Å². The van der Waals surface area contributed by atoms with Gasteiger partial charge in [-0.05, 0) is 6.42 Å². The molecular formula is C10H18N2O. The van der Waals surface area contributed by atoms with Crippen molar-refractivity contribution < 1.29 is 5.11 Å². The number of aryl methyl sites for hydroxylation is 1. The maximum Gasteiger partial charge on any atom is 0.0949 e. The SMILES string of the molecule is CC(C)(C)c1cn(CCCO)cn1. The third kappa shape index (κ3) is 2.84. The largest absolute Gasteiger partial charge is 0.396 e. The molecule has 0 saturated heterocycles. The fourth-order valence-corrected chi connectivity index (χ4v) is 1.12. The van der Waals surface area contributed by atoms with Gasteiger partial charge in [-0.1, -0.05) is 20.8 Å². The van der Waals surface area contributed by atoms with Crippen LogP contribution in [0, 0.1) is 0 Å². The Balaban J connectivity index is 2.64. The smallest absolute Gasteiger partial charge is 0.0949 e. The highest BCUT2D eigenvalue weighted by Gasteiger charge is 2.16. The van der Waals surface area contributed by atoms with Crippen molar-refractivity contribution in [3.8, 4) is 0 Å². The van der Waals surface area contributed by atoms with Crippen LogP contribution in [0.1, 0.15) is 32.9 Å². The summed E-state index contributed by atoms with van der Waals surface area (Å²) in [5.41, 5.74) is 1.22. The molecule has 1 heterocycles. The van der Waals surface area contributed by atoms with Crippen molar-refractivity contribution >= 4 is 0 Å². The van der Waals surface area contributed by atoms with Crippen LogP contribution in [0.15, 0.2) is 12.5 Å². The summed E-state index contributed by atoms with van der Waals surface area (Å²) >= 11 is 0. The first-order valence-electron chi connectivity index (χ1n) is 4.67. The van der Waals surface area contributed by atoms with Crippen molar-refractivity contribution in [2.45, 2.75) is 39.2 Å². The molecule has 0 atom stereocenters. The lowest BCUT2D eigenvalue weighted by atomic mass is 9.93. The van der Waals surface area contributed by atoms with Crippen molar-refractivity contribution in [2.75, 3.05) is 6.61 Å². The zero-order valence-electron chi connectivity index (χ0n) is 8.62. The summed E-state index contributed by atoms with van der Waals surface area (Å²) in [5, 5.41) is 8.66. The summed E-state index contributed by atoms with van der Waals surface area (Å²) in [4.78, 5) is 4.32. The predicted molar refractivity (Wildman–Crippen MR) is 52.6 cm³/mol. The monoisotopic (exact) mass is 182 g/mol. The van der Waals surface area contributed by atoms with E-state index in [2.05, 4.69) is 32.0 Å². The first-order valence-corrected chi connectivity index (χ1v) is 4.67. The number of hydrogen-bond acceptors (Lipinski definition) is 2.